The second-order valence-corrected chi connectivity index (χ2v) is 7.82. The van der Waals surface area contributed by atoms with E-state index in [-0.39, 0.29) is 18.4 Å². The van der Waals surface area contributed by atoms with Crippen LogP contribution in [0.25, 0.3) is 11.0 Å². The third kappa shape index (κ3) is 6.17. The number of likely N-dealkylation sites (tertiary alicyclic amines) is 1. The molecule has 31 heavy (non-hydrogen) atoms. The van der Waals surface area contributed by atoms with Crippen LogP contribution in [0.3, 0.4) is 0 Å². The van der Waals surface area contributed by atoms with Gasteiger partial charge < -0.3 is 25.2 Å². The lowest BCUT2D eigenvalue weighted by Gasteiger charge is -2.34. The number of rotatable bonds is 4. The Bertz CT molecular complexity index is 900. The average Bonchev–Trinajstić information content (AvgIpc) is 3.43. The summed E-state index contributed by atoms with van der Waals surface area (Å²) in [5, 5.41) is 9.83. The molecule has 3 N–H and O–H groups in total. The lowest BCUT2D eigenvalue weighted by atomic mass is 10.2. The van der Waals surface area contributed by atoms with Crippen LogP contribution in [0, 0.1) is 6.92 Å². The van der Waals surface area contributed by atoms with E-state index in [1.807, 2.05) is 28.9 Å². The molecule has 0 saturated carbocycles. The molecule has 0 bridgehead atoms. The first kappa shape index (κ1) is 22.5. The number of nitrogens with zero attached hydrogens (tertiary/aromatic N) is 4. The molecule has 2 fully saturated rings. The zero-order chi connectivity index (χ0) is 22.2. The summed E-state index contributed by atoms with van der Waals surface area (Å²) in [6.07, 6.45) is 2.23. The van der Waals surface area contributed by atoms with Crippen molar-refractivity contribution in [3.05, 3.63) is 29.6 Å². The maximum Gasteiger partial charge on any atom is 0.317 e. The van der Waals surface area contributed by atoms with Crippen molar-refractivity contribution in [1.82, 2.24) is 30.0 Å². The number of carbonyl (C=O) groups is 3. The number of carbonyl (C=O) groups excluding carboxylic acids is 2. The number of piperazine rings is 1. The molecule has 168 valence electrons. The Hall–Kier alpha value is -3.14. The highest BCUT2D eigenvalue weighted by molar-refractivity contribution is 5.79. The minimum Gasteiger partial charge on any atom is -0.483 e. The maximum atomic E-state index is 12.5. The number of hydrogen-bond donors (Lipinski definition) is 3. The highest BCUT2D eigenvalue weighted by atomic mass is 16.3. The van der Waals surface area contributed by atoms with Gasteiger partial charge in [0.05, 0.1) is 24.1 Å². The Morgan fingerprint density at radius 3 is 2.48 bits per heavy atom. The molecule has 10 heteroatoms. The fourth-order valence-corrected chi connectivity index (χ4v) is 3.90. The van der Waals surface area contributed by atoms with Gasteiger partial charge in [-0.25, -0.2) is 9.78 Å². The lowest BCUT2D eigenvalue weighted by molar-refractivity contribution is -0.131. The molecule has 0 unspecified atom stereocenters. The highest BCUT2D eigenvalue weighted by Crippen LogP contribution is 2.13. The molecule has 2 aliphatic rings. The van der Waals surface area contributed by atoms with Gasteiger partial charge in [0.1, 0.15) is 5.82 Å². The normalized spacial score (nSPS) is 16.7. The van der Waals surface area contributed by atoms with Crippen LogP contribution in [-0.2, 0) is 16.1 Å². The number of H-pyrrole nitrogens is 1. The number of imidazole rings is 1. The van der Waals surface area contributed by atoms with Crippen molar-refractivity contribution in [2.24, 2.45) is 0 Å². The number of aromatic amines is 1. The fraction of sp³-hybridized carbons (Fsp3) is 0.524. The summed E-state index contributed by atoms with van der Waals surface area (Å²) >= 11 is 0. The van der Waals surface area contributed by atoms with Crippen LogP contribution < -0.4 is 5.32 Å². The van der Waals surface area contributed by atoms with E-state index in [9.17, 15) is 9.59 Å². The smallest absolute Gasteiger partial charge is 0.317 e. The Labute approximate surface area is 181 Å². The summed E-state index contributed by atoms with van der Waals surface area (Å²) in [7, 11) is 0. The van der Waals surface area contributed by atoms with Crippen LogP contribution in [0.5, 0.6) is 0 Å². The minimum absolute atomic E-state index is 0.0813. The molecule has 3 heterocycles. The first-order valence-corrected chi connectivity index (χ1v) is 10.6. The van der Waals surface area contributed by atoms with Crippen molar-refractivity contribution in [3.63, 3.8) is 0 Å². The number of fused-ring (bicyclic) bond motifs is 1. The van der Waals surface area contributed by atoms with Crippen molar-refractivity contribution in [1.29, 1.82) is 0 Å². The first-order chi connectivity index (χ1) is 15.0. The van der Waals surface area contributed by atoms with E-state index >= 15 is 0 Å². The second-order valence-electron chi connectivity index (χ2n) is 7.82. The summed E-state index contributed by atoms with van der Waals surface area (Å²) in [6, 6.07) is 5.98. The first-order valence-electron chi connectivity index (χ1n) is 10.6. The molecule has 0 spiro atoms. The Morgan fingerprint density at radius 2 is 1.81 bits per heavy atom. The molecule has 3 amide bonds. The third-order valence-corrected chi connectivity index (χ3v) is 5.57. The number of nitrogens with one attached hydrogen (secondary N) is 2. The summed E-state index contributed by atoms with van der Waals surface area (Å²) in [5.74, 6) is 0.972. The van der Waals surface area contributed by atoms with Gasteiger partial charge in [0.25, 0.3) is 6.47 Å². The number of carboxylic acid groups (broad SMARTS) is 1. The molecule has 2 aliphatic heterocycles. The van der Waals surface area contributed by atoms with E-state index in [1.54, 1.807) is 0 Å². The van der Waals surface area contributed by atoms with Crippen LogP contribution in [0.1, 0.15) is 24.2 Å². The van der Waals surface area contributed by atoms with Gasteiger partial charge in [-0.3, -0.25) is 14.5 Å². The van der Waals surface area contributed by atoms with Crippen LogP contribution in [-0.4, -0.2) is 94.0 Å². The highest BCUT2D eigenvalue weighted by Gasteiger charge is 2.25. The minimum atomic E-state index is -0.250. The Morgan fingerprint density at radius 1 is 1.13 bits per heavy atom. The van der Waals surface area contributed by atoms with Crippen LogP contribution in [0.4, 0.5) is 4.79 Å². The number of amides is 3. The largest absolute Gasteiger partial charge is 0.483 e. The lowest BCUT2D eigenvalue weighted by Crippen LogP contribution is -2.53. The van der Waals surface area contributed by atoms with Crippen molar-refractivity contribution in [2.45, 2.75) is 26.3 Å². The van der Waals surface area contributed by atoms with Crippen molar-refractivity contribution in [3.8, 4) is 0 Å². The monoisotopic (exact) mass is 430 g/mol. The summed E-state index contributed by atoms with van der Waals surface area (Å²) in [6.45, 7) is 7.16. The molecule has 1 aromatic carbocycles. The standard InChI is InChI=1S/C20H28N6O2.CH2O2/c1-15-4-5-16-17(12-15)23-18(22-16)13-21-20(28)26-10-8-24(9-11-26)14-19(27)25-6-2-3-7-25;2-1-3/h4-5,12H,2-3,6-11,13-14H2,1H3,(H,21,28)(H,22,23);1H,(H,2,3). The molecule has 10 nitrogen and oxygen atoms in total. The van der Waals surface area contributed by atoms with Gasteiger partial charge in [0, 0.05) is 39.3 Å². The summed E-state index contributed by atoms with van der Waals surface area (Å²) in [4.78, 5) is 46.8. The molecular formula is C21H30N6O4. The molecule has 2 saturated heterocycles. The summed E-state index contributed by atoms with van der Waals surface area (Å²) in [5.41, 5.74) is 3.07. The van der Waals surface area contributed by atoms with E-state index < -0.39 is 0 Å². The Kier molecular flexibility index (Phi) is 7.82. The van der Waals surface area contributed by atoms with Gasteiger partial charge in [-0.2, -0.15) is 0 Å². The van der Waals surface area contributed by atoms with E-state index in [2.05, 4.69) is 26.3 Å². The van der Waals surface area contributed by atoms with Crippen molar-refractivity contribution < 1.29 is 19.5 Å². The molecule has 4 rings (SSSR count). The number of aromatic nitrogens is 2. The molecule has 0 atom stereocenters. The van der Waals surface area contributed by atoms with E-state index in [0.717, 1.165) is 55.9 Å². The molecular weight excluding hydrogens is 400 g/mol. The second kappa shape index (κ2) is 10.8. The number of benzene rings is 1. The van der Waals surface area contributed by atoms with Crippen molar-refractivity contribution >= 4 is 29.4 Å². The van der Waals surface area contributed by atoms with Crippen molar-refractivity contribution in [2.75, 3.05) is 45.8 Å². The predicted molar refractivity (Wildman–Crippen MR) is 116 cm³/mol. The van der Waals surface area contributed by atoms with E-state index in [4.69, 9.17) is 9.90 Å². The predicted octanol–water partition coefficient (Wildman–Crippen LogP) is 1.02. The van der Waals surface area contributed by atoms with Gasteiger partial charge >= 0.3 is 6.03 Å². The van der Waals surface area contributed by atoms with Gasteiger partial charge in [0.2, 0.25) is 5.91 Å². The zero-order valence-electron chi connectivity index (χ0n) is 17.8. The molecule has 0 aliphatic carbocycles. The average molecular weight is 431 g/mol. The number of hydrogen-bond acceptors (Lipinski definition) is 5. The molecule has 0 radical (unpaired) electrons. The van der Waals surface area contributed by atoms with Crippen LogP contribution in [0.15, 0.2) is 18.2 Å². The topological polar surface area (TPSA) is 122 Å². The van der Waals surface area contributed by atoms with Gasteiger partial charge in [-0.15, -0.1) is 0 Å². The van der Waals surface area contributed by atoms with Crippen LogP contribution >= 0.6 is 0 Å². The van der Waals surface area contributed by atoms with Crippen LogP contribution in [0.2, 0.25) is 0 Å². The molecule has 1 aromatic heterocycles. The molecule has 2 aromatic rings. The zero-order valence-corrected chi connectivity index (χ0v) is 17.8. The Balaban J connectivity index is 0.000000858. The quantitative estimate of drug-likeness (QED) is 0.623. The number of urea groups is 1. The van der Waals surface area contributed by atoms with E-state index in [0.29, 0.717) is 26.2 Å². The van der Waals surface area contributed by atoms with Gasteiger partial charge in [-0.1, -0.05) is 6.07 Å². The van der Waals surface area contributed by atoms with E-state index in [1.165, 1.54) is 5.56 Å². The summed E-state index contributed by atoms with van der Waals surface area (Å²) < 4.78 is 0. The maximum absolute atomic E-state index is 12.5. The van der Waals surface area contributed by atoms with Gasteiger partial charge in [-0.05, 0) is 37.5 Å². The third-order valence-electron chi connectivity index (χ3n) is 5.57. The number of aryl methyl sites for hydroxylation is 1. The van der Waals surface area contributed by atoms with Gasteiger partial charge in [0.15, 0.2) is 0 Å². The fourth-order valence-electron chi connectivity index (χ4n) is 3.90. The SMILES string of the molecule is Cc1ccc2nc(CNC(=O)N3CCN(CC(=O)N4CCCC4)CC3)[nH]c2c1.O=CO.